The van der Waals surface area contributed by atoms with E-state index in [0.29, 0.717) is 11.3 Å². The highest BCUT2D eigenvalue weighted by Gasteiger charge is 2.27. The van der Waals surface area contributed by atoms with Gasteiger partial charge in [0.05, 0.1) is 6.42 Å². The van der Waals surface area contributed by atoms with Gasteiger partial charge in [0, 0.05) is 24.8 Å². The van der Waals surface area contributed by atoms with Gasteiger partial charge in [0.25, 0.3) is 0 Å². The van der Waals surface area contributed by atoms with E-state index in [1.54, 1.807) is 25.2 Å². The summed E-state index contributed by atoms with van der Waals surface area (Å²) < 4.78 is 36.5. The van der Waals surface area contributed by atoms with Gasteiger partial charge < -0.3 is 10.6 Å². The number of nitrogens with one attached hydrogen (secondary N) is 1. The Hall–Kier alpha value is -1.72. The number of alkyl halides is 3. The van der Waals surface area contributed by atoms with Gasteiger partial charge in [-0.1, -0.05) is 6.07 Å². The molecule has 0 amide bonds. The molecule has 1 aromatic rings. The lowest BCUT2D eigenvalue weighted by atomic mass is 10.1. The number of halogens is 3. The van der Waals surface area contributed by atoms with Crippen LogP contribution in [-0.4, -0.2) is 25.6 Å². The Labute approximate surface area is 104 Å². The quantitative estimate of drug-likeness (QED) is 0.645. The molecule has 18 heavy (non-hydrogen) atoms. The third-order valence-corrected chi connectivity index (χ3v) is 2.59. The van der Waals surface area contributed by atoms with Crippen LogP contribution in [0.5, 0.6) is 0 Å². The minimum Gasteiger partial charge on any atom is -0.384 e. The molecule has 3 nitrogen and oxygen atoms in total. The maximum absolute atomic E-state index is 12.2. The van der Waals surface area contributed by atoms with Gasteiger partial charge in [-0.3, -0.25) is 5.41 Å². The lowest BCUT2D eigenvalue weighted by Gasteiger charge is -2.23. The first-order chi connectivity index (χ1) is 8.20. The summed E-state index contributed by atoms with van der Waals surface area (Å²) in [4.78, 5) is 1.47. The van der Waals surface area contributed by atoms with Crippen LogP contribution in [0.2, 0.25) is 0 Å². The number of nitrogens with two attached hydrogens (primary N) is 1. The molecule has 0 aromatic heterocycles. The van der Waals surface area contributed by atoms with Gasteiger partial charge in [-0.05, 0) is 24.6 Å². The van der Waals surface area contributed by atoms with Crippen LogP contribution in [0.25, 0.3) is 0 Å². The van der Waals surface area contributed by atoms with Crippen molar-refractivity contribution in [2.24, 2.45) is 5.73 Å². The highest BCUT2D eigenvalue weighted by Crippen LogP contribution is 2.24. The van der Waals surface area contributed by atoms with Crippen LogP contribution < -0.4 is 10.6 Å². The van der Waals surface area contributed by atoms with E-state index in [1.807, 2.05) is 6.92 Å². The third kappa shape index (κ3) is 3.94. The van der Waals surface area contributed by atoms with Gasteiger partial charge in [-0.2, -0.15) is 13.2 Å². The van der Waals surface area contributed by atoms with Crippen molar-refractivity contribution >= 4 is 11.5 Å². The first-order valence-electron chi connectivity index (χ1n) is 5.43. The van der Waals surface area contributed by atoms with Crippen molar-refractivity contribution in [1.29, 1.82) is 5.41 Å². The lowest BCUT2D eigenvalue weighted by molar-refractivity contribution is -0.132. The second kappa shape index (κ2) is 5.29. The molecule has 0 fully saturated rings. The van der Waals surface area contributed by atoms with E-state index in [-0.39, 0.29) is 12.4 Å². The number of aryl methyl sites for hydroxylation is 1. The number of amidine groups is 1. The minimum atomic E-state index is -4.19. The van der Waals surface area contributed by atoms with Crippen LogP contribution in [0, 0.1) is 12.3 Å². The van der Waals surface area contributed by atoms with Gasteiger partial charge in [0.1, 0.15) is 5.84 Å². The first-order valence-corrected chi connectivity index (χ1v) is 5.43. The van der Waals surface area contributed by atoms with Crippen molar-refractivity contribution < 1.29 is 13.2 Å². The van der Waals surface area contributed by atoms with E-state index in [2.05, 4.69) is 0 Å². The number of hydrogen-bond donors (Lipinski definition) is 2. The molecule has 0 unspecified atom stereocenters. The second-order valence-corrected chi connectivity index (χ2v) is 4.22. The predicted octanol–water partition coefficient (Wildman–Crippen LogP) is 2.67. The summed E-state index contributed by atoms with van der Waals surface area (Å²) in [6.45, 7) is 1.68. The molecular weight excluding hydrogens is 243 g/mol. The average molecular weight is 259 g/mol. The Morgan fingerprint density at radius 2 is 2.00 bits per heavy atom. The molecule has 0 heterocycles. The Bertz CT molecular complexity index is 441. The third-order valence-electron chi connectivity index (χ3n) is 2.59. The molecule has 6 heteroatoms. The molecule has 0 spiro atoms. The fraction of sp³-hybridized carbons (Fsp3) is 0.417. The zero-order valence-corrected chi connectivity index (χ0v) is 10.3. The van der Waals surface area contributed by atoms with Crippen molar-refractivity contribution in [3.63, 3.8) is 0 Å². The molecule has 0 aliphatic rings. The molecule has 1 rings (SSSR count). The summed E-state index contributed by atoms with van der Waals surface area (Å²) in [5.41, 5.74) is 7.33. The number of anilines is 1. The van der Waals surface area contributed by atoms with E-state index >= 15 is 0 Å². The Morgan fingerprint density at radius 1 is 1.39 bits per heavy atom. The Balaban J connectivity index is 2.93. The highest BCUT2D eigenvalue weighted by atomic mass is 19.4. The van der Waals surface area contributed by atoms with Crippen LogP contribution in [0.4, 0.5) is 18.9 Å². The molecule has 0 bridgehead atoms. The van der Waals surface area contributed by atoms with Gasteiger partial charge in [0.15, 0.2) is 0 Å². The topological polar surface area (TPSA) is 53.1 Å². The van der Waals surface area contributed by atoms with Gasteiger partial charge >= 0.3 is 6.18 Å². The van der Waals surface area contributed by atoms with Crippen LogP contribution in [0.3, 0.4) is 0 Å². The van der Waals surface area contributed by atoms with E-state index in [0.717, 1.165) is 5.56 Å². The number of benzene rings is 1. The Morgan fingerprint density at radius 3 is 2.50 bits per heavy atom. The fourth-order valence-corrected chi connectivity index (χ4v) is 1.60. The highest BCUT2D eigenvalue weighted by molar-refractivity contribution is 6.00. The van der Waals surface area contributed by atoms with E-state index in [9.17, 15) is 13.2 Å². The number of rotatable bonds is 4. The predicted molar refractivity (Wildman–Crippen MR) is 66.1 cm³/mol. The zero-order valence-electron chi connectivity index (χ0n) is 10.3. The summed E-state index contributed by atoms with van der Waals surface area (Å²) >= 11 is 0. The van der Waals surface area contributed by atoms with Crippen molar-refractivity contribution in [1.82, 2.24) is 0 Å². The monoisotopic (exact) mass is 259 g/mol. The van der Waals surface area contributed by atoms with Gasteiger partial charge in [0.2, 0.25) is 0 Å². The molecule has 0 aliphatic carbocycles. The molecule has 0 atom stereocenters. The maximum atomic E-state index is 12.2. The molecule has 0 aliphatic heterocycles. The Kier molecular flexibility index (Phi) is 4.21. The van der Waals surface area contributed by atoms with E-state index < -0.39 is 12.6 Å². The van der Waals surface area contributed by atoms with Crippen LogP contribution in [0.1, 0.15) is 17.5 Å². The maximum Gasteiger partial charge on any atom is 0.390 e. The summed E-state index contributed by atoms with van der Waals surface area (Å²) in [6, 6.07) is 5.15. The molecule has 0 radical (unpaired) electrons. The molecule has 100 valence electrons. The fourth-order valence-electron chi connectivity index (χ4n) is 1.60. The standard InChI is InChI=1S/C12H16F3N3/c1-8-3-4-9(11(16)17)10(7-8)18(2)6-5-12(13,14)15/h3-4,7H,5-6H2,1-2H3,(H3,16,17). The van der Waals surface area contributed by atoms with E-state index in [4.69, 9.17) is 11.1 Å². The summed E-state index contributed by atoms with van der Waals surface area (Å²) in [7, 11) is 1.56. The van der Waals surface area contributed by atoms with E-state index in [1.165, 1.54) is 4.90 Å². The van der Waals surface area contributed by atoms with Crippen LogP contribution >= 0.6 is 0 Å². The summed E-state index contributed by atoms with van der Waals surface area (Å²) in [5, 5.41) is 7.42. The molecule has 1 aromatic carbocycles. The summed E-state index contributed by atoms with van der Waals surface area (Å²) in [6.07, 6.45) is -5.08. The van der Waals surface area contributed by atoms with Crippen LogP contribution in [0.15, 0.2) is 18.2 Å². The zero-order chi connectivity index (χ0) is 13.9. The van der Waals surface area contributed by atoms with Crippen molar-refractivity contribution in [3.05, 3.63) is 29.3 Å². The number of nitrogen functional groups attached to an aromatic ring is 1. The molecular formula is C12H16F3N3. The van der Waals surface area contributed by atoms with Gasteiger partial charge in [-0.15, -0.1) is 0 Å². The average Bonchev–Trinajstić information content (AvgIpc) is 2.24. The SMILES string of the molecule is Cc1ccc(C(=N)N)c(N(C)CCC(F)(F)F)c1. The first kappa shape index (κ1) is 14.3. The largest absolute Gasteiger partial charge is 0.390 e. The van der Waals surface area contributed by atoms with Crippen molar-refractivity contribution in [2.75, 3.05) is 18.5 Å². The summed E-state index contributed by atoms with van der Waals surface area (Å²) in [5.74, 6) is -0.149. The number of hydrogen-bond acceptors (Lipinski definition) is 2. The van der Waals surface area contributed by atoms with Crippen molar-refractivity contribution in [3.8, 4) is 0 Å². The lowest BCUT2D eigenvalue weighted by Crippen LogP contribution is -2.26. The normalized spacial score (nSPS) is 11.4. The minimum absolute atomic E-state index is 0.149. The number of nitrogens with zero attached hydrogens (tertiary/aromatic N) is 1. The van der Waals surface area contributed by atoms with Crippen LogP contribution in [-0.2, 0) is 0 Å². The molecule has 0 saturated carbocycles. The molecule has 3 N–H and O–H groups in total. The van der Waals surface area contributed by atoms with Crippen molar-refractivity contribution in [2.45, 2.75) is 19.5 Å². The smallest absolute Gasteiger partial charge is 0.384 e. The van der Waals surface area contributed by atoms with Gasteiger partial charge in [-0.25, -0.2) is 0 Å². The molecule has 0 saturated heterocycles. The second-order valence-electron chi connectivity index (χ2n) is 4.22.